The molecular formula is C33H37F3O3. The van der Waals surface area contributed by atoms with Crippen molar-refractivity contribution < 1.29 is 27.4 Å². The Bertz CT molecular complexity index is 1230. The Morgan fingerprint density at radius 3 is 2.10 bits per heavy atom. The maximum absolute atomic E-state index is 15.0. The number of hydrogen-bond donors (Lipinski definition) is 0. The third-order valence-electron chi connectivity index (χ3n) is 6.96. The first-order valence-corrected chi connectivity index (χ1v) is 13.9. The molecule has 0 unspecified atom stereocenters. The van der Waals surface area contributed by atoms with E-state index in [-0.39, 0.29) is 17.2 Å². The van der Waals surface area contributed by atoms with Gasteiger partial charge in [-0.05, 0) is 42.7 Å². The Hall–Kier alpha value is -3.09. The van der Waals surface area contributed by atoms with Crippen molar-refractivity contribution in [3.8, 4) is 28.0 Å². The fourth-order valence-electron chi connectivity index (χ4n) is 4.77. The number of benzene rings is 3. The lowest BCUT2D eigenvalue weighted by atomic mass is 9.98. The molecule has 0 saturated carbocycles. The minimum Gasteiger partial charge on any atom is -0.490 e. The van der Waals surface area contributed by atoms with Crippen molar-refractivity contribution in [3.63, 3.8) is 0 Å². The molecule has 6 heteroatoms. The van der Waals surface area contributed by atoms with Crippen LogP contribution in [0.25, 0.3) is 22.3 Å². The van der Waals surface area contributed by atoms with E-state index in [2.05, 4.69) is 6.92 Å². The molecule has 0 aromatic heterocycles. The van der Waals surface area contributed by atoms with Crippen LogP contribution < -0.4 is 4.74 Å². The summed E-state index contributed by atoms with van der Waals surface area (Å²) in [5.41, 5.74) is 2.27. The summed E-state index contributed by atoms with van der Waals surface area (Å²) in [6, 6.07) is 14.6. The van der Waals surface area contributed by atoms with E-state index < -0.39 is 23.7 Å². The van der Waals surface area contributed by atoms with E-state index >= 15 is 4.39 Å². The van der Waals surface area contributed by atoms with Gasteiger partial charge in [0.2, 0.25) is 5.82 Å². The van der Waals surface area contributed by atoms with E-state index in [1.165, 1.54) is 37.5 Å². The molecule has 0 amide bonds. The van der Waals surface area contributed by atoms with Crippen LogP contribution in [-0.2, 0) is 9.47 Å². The smallest absolute Gasteiger partial charge is 0.201 e. The number of rotatable bonds is 12. The Morgan fingerprint density at radius 1 is 0.795 bits per heavy atom. The SMILES string of the molecule is C/C=C/C1COC(c2ccc(-c3ccc(-c4ccc(OCCCCCCCC)c(F)c4F)cc3)c(F)c2)OC1. The average molecular weight is 539 g/mol. The van der Waals surface area contributed by atoms with Gasteiger partial charge in [0.25, 0.3) is 0 Å². The van der Waals surface area contributed by atoms with Gasteiger partial charge in [-0.1, -0.05) is 87.6 Å². The summed E-state index contributed by atoms with van der Waals surface area (Å²) in [6.07, 6.45) is 9.92. The number of hydrogen-bond acceptors (Lipinski definition) is 3. The molecule has 208 valence electrons. The van der Waals surface area contributed by atoms with E-state index in [1.54, 1.807) is 36.4 Å². The zero-order chi connectivity index (χ0) is 27.6. The highest BCUT2D eigenvalue weighted by Gasteiger charge is 2.23. The van der Waals surface area contributed by atoms with E-state index in [0.717, 1.165) is 19.3 Å². The van der Waals surface area contributed by atoms with Crippen molar-refractivity contribution in [2.24, 2.45) is 5.92 Å². The quantitative estimate of drug-likeness (QED) is 0.170. The molecule has 0 aliphatic carbocycles. The molecule has 3 aromatic carbocycles. The minimum absolute atomic E-state index is 0.0770. The number of unbranched alkanes of at least 4 members (excludes halogenated alkanes) is 5. The van der Waals surface area contributed by atoms with E-state index in [9.17, 15) is 8.78 Å². The molecule has 3 aromatic rings. The van der Waals surface area contributed by atoms with Crippen molar-refractivity contribution in [1.29, 1.82) is 0 Å². The summed E-state index contributed by atoms with van der Waals surface area (Å²) in [5.74, 6) is -2.24. The first kappa shape index (κ1) is 28.9. The highest BCUT2D eigenvalue weighted by Crippen LogP contribution is 2.33. The summed E-state index contributed by atoms with van der Waals surface area (Å²) >= 11 is 0. The van der Waals surface area contributed by atoms with E-state index in [0.29, 0.717) is 42.1 Å². The predicted molar refractivity (Wildman–Crippen MR) is 149 cm³/mol. The van der Waals surface area contributed by atoms with Gasteiger partial charge in [0.05, 0.1) is 19.8 Å². The van der Waals surface area contributed by atoms with Crippen LogP contribution in [0.1, 0.15) is 64.2 Å². The fourth-order valence-corrected chi connectivity index (χ4v) is 4.77. The monoisotopic (exact) mass is 538 g/mol. The van der Waals surface area contributed by atoms with Crippen molar-refractivity contribution in [1.82, 2.24) is 0 Å². The van der Waals surface area contributed by atoms with Crippen LogP contribution in [0.4, 0.5) is 13.2 Å². The third kappa shape index (κ3) is 7.52. The molecule has 4 rings (SSSR count). The minimum atomic E-state index is -0.992. The predicted octanol–water partition coefficient (Wildman–Crippen LogP) is 9.41. The molecule has 1 saturated heterocycles. The molecule has 0 radical (unpaired) electrons. The molecule has 3 nitrogen and oxygen atoms in total. The van der Waals surface area contributed by atoms with Gasteiger partial charge in [0.15, 0.2) is 17.9 Å². The van der Waals surface area contributed by atoms with Crippen molar-refractivity contribution in [2.45, 2.75) is 58.7 Å². The lowest BCUT2D eigenvalue weighted by molar-refractivity contribution is -0.197. The number of allylic oxidation sites excluding steroid dienone is 1. The molecule has 0 bridgehead atoms. The zero-order valence-corrected chi connectivity index (χ0v) is 22.7. The van der Waals surface area contributed by atoms with Crippen LogP contribution in [0.3, 0.4) is 0 Å². The lowest BCUT2D eigenvalue weighted by Crippen LogP contribution is -2.25. The zero-order valence-electron chi connectivity index (χ0n) is 22.7. The first-order valence-electron chi connectivity index (χ1n) is 13.9. The molecule has 1 aliphatic heterocycles. The third-order valence-corrected chi connectivity index (χ3v) is 6.96. The largest absolute Gasteiger partial charge is 0.490 e. The second-order valence-corrected chi connectivity index (χ2v) is 9.96. The summed E-state index contributed by atoms with van der Waals surface area (Å²) in [5, 5.41) is 0. The number of ether oxygens (including phenoxy) is 3. The highest BCUT2D eigenvalue weighted by atomic mass is 19.2. The van der Waals surface area contributed by atoms with Gasteiger partial charge in [0.1, 0.15) is 5.82 Å². The van der Waals surface area contributed by atoms with Crippen molar-refractivity contribution in [3.05, 3.63) is 89.8 Å². The summed E-state index contributed by atoms with van der Waals surface area (Å²) in [4.78, 5) is 0. The summed E-state index contributed by atoms with van der Waals surface area (Å²) in [6.45, 7) is 5.51. The standard InChI is InChI=1S/C33H37F3O3/c1-3-5-6-7-8-9-19-37-30-18-17-28(31(35)32(30)36)25-13-11-24(12-14-25)27-16-15-26(20-29(27)34)33-38-21-23(10-4-2)22-39-33/h4,10-18,20,23,33H,3,5-9,19,21-22H2,1-2H3/b10-4+. The second-order valence-electron chi connectivity index (χ2n) is 9.96. The van der Waals surface area contributed by atoms with Crippen LogP contribution >= 0.6 is 0 Å². The molecule has 1 fully saturated rings. The summed E-state index contributed by atoms with van der Waals surface area (Å²) in [7, 11) is 0. The van der Waals surface area contributed by atoms with Crippen molar-refractivity contribution in [2.75, 3.05) is 19.8 Å². The van der Waals surface area contributed by atoms with Gasteiger partial charge < -0.3 is 14.2 Å². The van der Waals surface area contributed by atoms with Gasteiger partial charge in [-0.25, -0.2) is 8.78 Å². The van der Waals surface area contributed by atoms with Gasteiger partial charge >= 0.3 is 0 Å². The Balaban J connectivity index is 1.39. The molecule has 0 N–H and O–H groups in total. The molecule has 0 spiro atoms. The molecular weight excluding hydrogens is 501 g/mol. The topological polar surface area (TPSA) is 27.7 Å². The van der Waals surface area contributed by atoms with Crippen LogP contribution in [0.15, 0.2) is 66.7 Å². The fraction of sp³-hybridized carbons (Fsp3) is 0.394. The summed E-state index contributed by atoms with van der Waals surface area (Å²) < 4.78 is 61.6. The number of halogens is 3. The van der Waals surface area contributed by atoms with Crippen LogP contribution in [0, 0.1) is 23.4 Å². The van der Waals surface area contributed by atoms with Crippen LogP contribution in [-0.4, -0.2) is 19.8 Å². The second kappa shape index (κ2) is 14.3. The Labute approximate surface area is 229 Å². The maximum atomic E-state index is 15.0. The van der Waals surface area contributed by atoms with Gasteiger partial charge in [-0.3, -0.25) is 0 Å². The molecule has 1 heterocycles. The van der Waals surface area contributed by atoms with Gasteiger partial charge in [0, 0.05) is 22.6 Å². The highest BCUT2D eigenvalue weighted by molar-refractivity contribution is 5.71. The maximum Gasteiger partial charge on any atom is 0.201 e. The molecule has 39 heavy (non-hydrogen) atoms. The van der Waals surface area contributed by atoms with Crippen molar-refractivity contribution >= 4 is 0 Å². The average Bonchev–Trinajstić information content (AvgIpc) is 2.95. The van der Waals surface area contributed by atoms with Gasteiger partial charge in [-0.15, -0.1) is 0 Å². The molecule has 1 aliphatic rings. The Morgan fingerprint density at radius 2 is 1.44 bits per heavy atom. The van der Waals surface area contributed by atoms with E-state index in [4.69, 9.17) is 14.2 Å². The van der Waals surface area contributed by atoms with E-state index in [1.807, 2.05) is 19.1 Å². The molecule has 0 atom stereocenters. The van der Waals surface area contributed by atoms with Crippen LogP contribution in [0.2, 0.25) is 0 Å². The first-order chi connectivity index (χ1) is 19.0. The lowest BCUT2D eigenvalue weighted by Gasteiger charge is -2.28. The van der Waals surface area contributed by atoms with Gasteiger partial charge in [-0.2, -0.15) is 4.39 Å². The Kier molecular flexibility index (Phi) is 10.6. The normalized spacial score (nSPS) is 17.6. The van der Waals surface area contributed by atoms with Crippen LogP contribution in [0.5, 0.6) is 5.75 Å².